The molecule has 0 radical (unpaired) electrons. The second-order valence-electron chi connectivity index (χ2n) is 7.88. The van der Waals surface area contributed by atoms with E-state index in [2.05, 4.69) is 71.5 Å². The van der Waals surface area contributed by atoms with Crippen LogP contribution in [0.3, 0.4) is 0 Å². The van der Waals surface area contributed by atoms with Gasteiger partial charge in [0, 0.05) is 16.0 Å². The van der Waals surface area contributed by atoms with Gasteiger partial charge in [0.1, 0.15) is 5.75 Å². The Labute approximate surface area is 172 Å². The number of benzene rings is 2. The number of phenols is 1. The molecule has 0 spiro atoms. The predicted octanol–water partition coefficient (Wildman–Crippen LogP) is 5.36. The lowest BCUT2D eigenvalue weighted by molar-refractivity contribution is -0.122. The highest BCUT2D eigenvalue weighted by Gasteiger charge is 2.44. The summed E-state index contributed by atoms with van der Waals surface area (Å²) in [5.41, 5.74) is 5.57. The molecule has 2 aromatic rings. The molecule has 1 amide bonds. The Morgan fingerprint density at radius 3 is 2.59 bits per heavy atom. The third-order valence-corrected chi connectivity index (χ3v) is 5.51. The maximum Gasteiger partial charge on any atom is 0.243 e. The minimum atomic E-state index is -0.114. The Morgan fingerprint density at radius 2 is 1.96 bits per heavy atom. The van der Waals surface area contributed by atoms with Crippen molar-refractivity contribution in [1.29, 1.82) is 0 Å². The lowest BCUT2D eigenvalue weighted by atomic mass is 9.86. The molecule has 0 unspecified atom stereocenters. The molecular formula is C21H22BrClN2O2. The highest BCUT2D eigenvalue weighted by atomic mass is 79.9. The van der Waals surface area contributed by atoms with Gasteiger partial charge in [-0.2, -0.15) is 5.10 Å². The largest absolute Gasteiger partial charge is 0.506 e. The van der Waals surface area contributed by atoms with Crippen molar-refractivity contribution in [1.82, 2.24) is 5.43 Å². The molecule has 0 bridgehead atoms. The number of rotatable bonds is 4. The zero-order valence-corrected chi connectivity index (χ0v) is 17.8. The first-order chi connectivity index (χ1) is 12.7. The molecule has 1 saturated carbocycles. The summed E-state index contributed by atoms with van der Waals surface area (Å²) in [4.78, 5) is 12.3. The maximum absolute atomic E-state index is 12.3. The summed E-state index contributed by atoms with van der Waals surface area (Å²) in [5, 5.41) is 14.1. The Morgan fingerprint density at radius 1 is 1.30 bits per heavy atom. The van der Waals surface area contributed by atoms with Crippen molar-refractivity contribution in [2.24, 2.45) is 11.0 Å². The first kappa shape index (κ1) is 19.9. The first-order valence-electron chi connectivity index (χ1n) is 8.78. The molecule has 0 aliphatic heterocycles. The first-order valence-corrected chi connectivity index (χ1v) is 9.95. The standard InChI is InChI=1S/C21H22BrClN2O2/c1-21(2,3)14-6-4-12(5-7-14)16-10-17(16)20(27)25-24-11-13-8-15(22)9-18(23)19(13)26/h4-9,11,16-17,26H,10H2,1-3H3,(H,25,27)/t16-,17+/m1/s1. The molecule has 1 aliphatic carbocycles. The van der Waals surface area contributed by atoms with Crippen molar-refractivity contribution in [3.05, 3.63) is 62.6 Å². The quantitative estimate of drug-likeness (QED) is 0.487. The van der Waals surface area contributed by atoms with Crippen molar-refractivity contribution in [3.8, 4) is 5.75 Å². The summed E-state index contributed by atoms with van der Waals surface area (Å²) in [5.74, 6) is -0.0110. The molecule has 2 atom stereocenters. The number of hydrogen-bond donors (Lipinski definition) is 2. The molecule has 0 heterocycles. The molecule has 6 heteroatoms. The molecule has 3 rings (SSSR count). The van der Waals surface area contributed by atoms with Gasteiger partial charge in [-0.15, -0.1) is 0 Å². The Kier molecular flexibility index (Phi) is 5.63. The molecule has 1 aliphatic rings. The minimum absolute atomic E-state index is 0.0673. The second kappa shape index (κ2) is 7.64. The highest BCUT2D eigenvalue weighted by molar-refractivity contribution is 9.10. The predicted molar refractivity (Wildman–Crippen MR) is 113 cm³/mol. The van der Waals surface area contributed by atoms with Gasteiger partial charge < -0.3 is 5.11 Å². The fraction of sp³-hybridized carbons (Fsp3) is 0.333. The average Bonchev–Trinajstić information content (AvgIpc) is 3.39. The molecule has 142 valence electrons. The number of halogens is 2. The molecular weight excluding hydrogens is 428 g/mol. The van der Waals surface area contributed by atoms with Crippen LogP contribution in [0.15, 0.2) is 46.0 Å². The number of hydrogen-bond acceptors (Lipinski definition) is 3. The van der Waals surface area contributed by atoms with Crippen LogP contribution in [0.25, 0.3) is 0 Å². The number of nitrogens with one attached hydrogen (secondary N) is 1. The van der Waals surface area contributed by atoms with E-state index in [9.17, 15) is 9.90 Å². The van der Waals surface area contributed by atoms with Crippen molar-refractivity contribution >= 4 is 39.7 Å². The lowest BCUT2D eigenvalue weighted by Crippen LogP contribution is -2.20. The van der Waals surface area contributed by atoms with Gasteiger partial charge in [0.25, 0.3) is 0 Å². The third-order valence-electron chi connectivity index (χ3n) is 4.77. The van der Waals surface area contributed by atoms with Gasteiger partial charge in [0.05, 0.1) is 11.2 Å². The molecule has 0 saturated heterocycles. The van der Waals surface area contributed by atoms with Crippen LogP contribution in [-0.4, -0.2) is 17.2 Å². The van der Waals surface area contributed by atoms with Crippen LogP contribution in [0.1, 0.15) is 49.8 Å². The monoisotopic (exact) mass is 448 g/mol. The normalized spacial score (nSPS) is 19.3. The van der Waals surface area contributed by atoms with Crippen LogP contribution in [0, 0.1) is 5.92 Å². The van der Waals surface area contributed by atoms with Crippen LogP contribution in [-0.2, 0) is 10.2 Å². The van der Waals surface area contributed by atoms with Crippen LogP contribution >= 0.6 is 27.5 Å². The third kappa shape index (κ3) is 4.71. The van der Waals surface area contributed by atoms with Gasteiger partial charge in [-0.05, 0) is 41.0 Å². The fourth-order valence-electron chi connectivity index (χ4n) is 3.02. The van der Waals surface area contributed by atoms with E-state index in [1.807, 2.05) is 0 Å². The number of amides is 1. The highest BCUT2D eigenvalue weighted by Crippen LogP contribution is 2.47. The number of hydrazone groups is 1. The summed E-state index contributed by atoms with van der Waals surface area (Å²) in [6, 6.07) is 11.8. The number of nitrogens with zero attached hydrogens (tertiary/aromatic N) is 1. The summed E-state index contributed by atoms with van der Waals surface area (Å²) >= 11 is 9.23. The van der Waals surface area contributed by atoms with Crippen molar-refractivity contribution in [2.45, 2.75) is 38.5 Å². The summed E-state index contributed by atoms with van der Waals surface area (Å²) in [6.45, 7) is 6.55. The Balaban J connectivity index is 1.59. The van der Waals surface area contributed by atoms with Crippen LogP contribution in [0.2, 0.25) is 5.02 Å². The maximum atomic E-state index is 12.3. The molecule has 27 heavy (non-hydrogen) atoms. The minimum Gasteiger partial charge on any atom is -0.506 e. The van der Waals surface area contributed by atoms with Crippen LogP contribution in [0.5, 0.6) is 5.75 Å². The number of carbonyl (C=O) groups excluding carboxylic acids is 1. The molecule has 1 fully saturated rings. The van der Waals surface area contributed by atoms with E-state index in [0.717, 1.165) is 10.9 Å². The summed E-state index contributed by atoms with van der Waals surface area (Å²) in [7, 11) is 0. The van der Waals surface area contributed by atoms with Crippen molar-refractivity contribution in [2.75, 3.05) is 0 Å². The fourth-order valence-corrected chi connectivity index (χ4v) is 3.85. The number of phenolic OH excluding ortho intramolecular Hbond substituents is 1. The SMILES string of the molecule is CC(C)(C)c1ccc([C@H]2C[C@@H]2C(=O)NN=Cc2cc(Br)cc(Cl)c2O)cc1. The van der Waals surface area contributed by atoms with E-state index in [0.29, 0.717) is 5.56 Å². The zero-order chi connectivity index (χ0) is 19.8. The van der Waals surface area contributed by atoms with Gasteiger partial charge >= 0.3 is 0 Å². The Bertz CT molecular complexity index is 888. The van der Waals surface area contributed by atoms with Gasteiger partial charge in [0.2, 0.25) is 5.91 Å². The summed E-state index contributed by atoms with van der Waals surface area (Å²) < 4.78 is 0.721. The van der Waals surface area contributed by atoms with E-state index in [1.165, 1.54) is 17.3 Å². The molecule has 4 nitrogen and oxygen atoms in total. The molecule has 0 aromatic heterocycles. The van der Waals surface area contributed by atoms with E-state index in [1.54, 1.807) is 12.1 Å². The van der Waals surface area contributed by atoms with E-state index in [-0.39, 0.29) is 33.9 Å². The molecule has 2 N–H and O–H groups in total. The summed E-state index contributed by atoms with van der Waals surface area (Å²) in [6.07, 6.45) is 2.21. The smallest absolute Gasteiger partial charge is 0.243 e. The van der Waals surface area contributed by atoms with Gasteiger partial charge in [-0.25, -0.2) is 5.43 Å². The van der Waals surface area contributed by atoms with E-state index in [4.69, 9.17) is 11.6 Å². The van der Waals surface area contributed by atoms with Crippen LogP contribution < -0.4 is 5.43 Å². The lowest BCUT2D eigenvalue weighted by Gasteiger charge is -2.19. The van der Waals surface area contributed by atoms with Crippen molar-refractivity contribution in [3.63, 3.8) is 0 Å². The van der Waals surface area contributed by atoms with E-state index < -0.39 is 0 Å². The topological polar surface area (TPSA) is 61.7 Å². The molecule has 2 aromatic carbocycles. The average molecular weight is 450 g/mol. The van der Waals surface area contributed by atoms with Gasteiger partial charge in [-0.1, -0.05) is 72.6 Å². The zero-order valence-electron chi connectivity index (χ0n) is 15.5. The van der Waals surface area contributed by atoms with E-state index >= 15 is 0 Å². The Hall–Kier alpha value is -1.85. The van der Waals surface area contributed by atoms with Crippen LogP contribution in [0.4, 0.5) is 0 Å². The van der Waals surface area contributed by atoms with Crippen molar-refractivity contribution < 1.29 is 9.90 Å². The van der Waals surface area contributed by atoms with Gasteiger partial charge in [0.15, 0.2) is 0 Å². The number of aromatic hydroxyl groups is 1. The second-order valence-corrected chi connectivity index (χ2v) is 9.20. The van der Waals surface area contributed by atoms with Gasteiger partial charge in [-0.3, -0.25) is 4.79 Å². The number of carbonyl (C=O) groups is 1.